The third-order valence-corrected chi connectivity index (χ3v) is 3.76. The standard InChI is InChI=1S/C15H20FN3O2.ClH/c16-12-2-4-13(5-3-12)21-14(20)6-1-11-7-9-19(10-8-11)15(17)18;/h2-5,11H,1,6-10H2,(H3,17,18);1H. The second kappa shape index (κ2) is 8.58. The van der Waals surface area contributed by atoms with Crippen LogP contribution in [0.2, 0.25) is 0 Å². The second-order valence-corrected chi connectivity index (χ2v) is 5.28. The highest BCUT2D eigenvalue weighted by Crippen LogP contribution is 2.22. The van der Waals surface area contributed by atoms with E-state index in [1.54, 1.807) is 0 Å². The van der Waals surface area contributed by atoms with Gasteiger partial charge in [-0.1, -0.05) is 0 Å². The molecule has 0 atom stereocenters. The predicted octanol–water partition coefficient (Wildman–Crippen LogP) is 2.54. The van der Waals surface area contributed by atoms with E-state index in [1.807, 2.05) is 4.90 Å². The zero-order valence-corrected chi connectivity index (χ0v) is 13.1. The molecule has 3 N–H and O–H groups in total. The quantitative estimate of drug-likeness (QED) is 0.385. The van der Waals surface area contributed by atoms with Crippen LogP contribution in [0.4, 0.5) is 4.39 Å². The normalized spacial score (nSPS) is 15.0. The molecule has 1 aliphatic heterocycles. The van der Waals surface area contributed by atoms with Crippen LogP contribution in [-0.2, 0) is 4.79 Å². The number of carbonyl (C=O) groups excluding carboxylic acids is 1. The predicted molar refractivity (Wildman–Crippen MR) is 84.7 cm³/mol. The summed E-state index contributed by atoms with van der Waals surface area (Å²) in [6.07, 6.45) is 2.99. The van der Waals surface area contributed by atoms with Crippen LogP contribution in [0.5, 0.6) is 5.75 Å². The number of carbonyl (C=O) groups is 1. The van der Waals surface area contributed by atoms with Gasteiger partial charge >= 0.3 is 5.97 Å². The number of piperidine rings is 1. The number of hydrogen-bond acceptors (Lipinski definition) is 3. The van der Waals surface area contributed by atoms with Crippen LogP contribution in [-0.4, -0.2) is 29.9 Å². The second-order valence-electron chi connectivity index (χ2n) is 5.28. The van der Waals surface area contributed by atoms with Gasteiger partial charge in [-0.3, -0.25) is 10.2 Å². The zero-order valence-electron chi connectivity index (χ0n) is 12.3. The van der Waals surface area contributed by atoms with E-state index in [9.17, 15) is 9.18 Å². The molecule has 1 saturated heterocycles. The number of nitrogens with two attached hydrogens (primary N) is 1. The van der Waals surface area contributed by atoms with E-state index in [0.29, 0.717) is 18.1 Å². The lowest BCUT2D eigenvalue weighted by atomic mass is 9.92. The Labute approximate surface area is 135 Å². The highest BCUT2D eigenvalue weighted by Gasteiger charge is 2.20. The molecule has 7 heteroatoms. The Morgan fingerprint density at radius 1 is 1.32 bits per heavy atom. The van der Waals surface area contributed by atoms with Crippen molar-refractivity contribution in [2.24, 2.45) is 11.7 Å². The summed E-state index contributed by atoms with van der Waals surface area (Å²) in [6, 6.07) is 5.41. The molecular formula is C15H21ClFN3O2. The first-order valence-electron chi connectivity index (χ1n) is 7.10. The molecule has 0 radical (unpaired) electrons. The number of rotatable bonds is 4. The summed E-state index contributed by atoms with van der Waals surface area (Å²) in [5.74, 6) is 0.293. The molecule has 1 heterocycles. The first kappa shape index (κ1) is 18.2. The molecule has 0 unspecified atom stereocenters. The van der Waals surface area contributed by atoms with E-state index in [0.717, 1.165) is 32.4 Å². The summed E-state index contributed by atoms with van der Waals surface area (Å²) in [4.78, 5) is 13.6. The van der Waals surface area contributed by atoms with Crippen molar-refractivity contribution in [2.75, 3.05) is 13.1 Å². The lowest BCUT2D eigenvalue weighted by molar-refractivity contribution is -0.134. The number of benzene rings is 1. The number of esters is 1. The minimum Gasteiger partial charge on any atom is -0.427 e. The maximum absolute atomic E-state index is 12.7. The monoisotopic (exact) mass is 329 g/mol. The highest BCUT2D eigenvalue weighted by atomic mass is 35.5. The smallest absolute Gasteiger partial charge is 0.311 e. The Bertz CT molecular complexity index is 502. The largest absolute Gasteiger partial charge is 0.427 e. The maximum Gasteiger partial charge on any atom is 0.311 e. The Morgan fingerprint density at radius 3 is 2.45 bits per heavy atom. The van der Waals surface area contributed by atoms with Crippen molar-refractivity contribution in [3.63, 3.8) is 0 Å². The van der Waals surface area contributed by atoms with Crippen molar-refractivity contribution >= 4 is 24.3 Å². The fraction of sp³-hybridized carbons (Fsp3) is 0.467. The Kier molecular flexibility index (Phi) is 7.11. The molecule has 0 amide bonds. The van der Waals surface area contributed by atoms with Crippen LogP contribution in [0, 0.1) is 17.1 Å². The Morgan fingerprint density at radius 2 is 1.91 bits per heavy atom. The van der Waals surface area contributed by atoms with Gasteiger partial charge < -0.3 is 15.4 Å². The molecule has 122 valence electrons. The van der Waals surface area contributed by atoms with Crippen molar-refractivity contribution in [2.45, 2.75) is 25.7 Å². The van der Waals surface area contributed by atoms with E-state index in [-0.39, 0.29) is 30.2 Å². The van der Waals surface area contributed by atoms with Gasteiger partial charge in [-0.2, -0.15) is 0 Å². The van der Waals surface area contributed by atoms with Crippen molar-refractivity contribution in [1.29, 1.82) is 5.41 Å². The van der Waals surface area contributed by atoms with Crippen molar-refractivity contribution in [3.8, 4) is 5.75 Å². The molecule has 0 aliphatic carbocycles. The van der Waals surface area contributed by atoms with Gasteiger partial charge in [-0.25, -0.2) is 4.39 Å². The van der Waals surface area contributed by atoms with E-state index in [2.05, 4.69) is 0 Å². The first-order chi connectivity index (χ1) is 10.0. The van der Waals surface area contributed by atoms with E-state index in [1.165, 1.54) is 24.3 Å². The van der Waals surface area contributed by atoms with Crippen LogP contribution in [0.15, 0.2) is 24.3 Å². The number of likely N-dealkylation sites (tertiary alicyclic amines) is 1. The number of nitrogens with one attached hydrogen (secondary N) is 1. The fourth-order valence-electron chi connectivity index (χ4n) is 2.47. The van der Waals surface area contributed by atoms with Gasteiger partial charge in [0, 0.05) is 19.5 Å². The van der Waals surface area contributed by atoms with Crippen LogP contribution in [0.1, 0.15) is 25.7 Å². The Balaban J connectivity index is 0.00000242. The van der Waals surface area contributed by atoms with Crippen molar-refractivity contribution in [3.05, 3.63) is 30.1 Å². The molecule has 1 aromatic carbocycles. The average molecular weight is 330 g/mol. The molecule has 22 heavy (non-hydrogen) atoms. The van der Waals surface area contributed by atoms with E-state index in [4.69, 9.17) is 15.9 Å². The summed E-state index contributed by atoms with van der Waals surface area (Å²) in [6.45, 7) is 1.54. The average Bonchev–Trinajstić information content (AvgIpc) is 2.48. The molecular weight excluding hydrogens is 309 g/mol. The third kappa shape index (κ3) is 5.52. The summed E-state index contributed by atoms with van der Waals surface area (Å²) in [5.41, 5.74) is 5.44. The molecule has 0 spiro atoms. The lowest BCUT2D eigenvalue weighted by Crippen LogP contribution is -2.42. The number of guanidine groups is 1. The molecule has 0 bridgehead atoms. The van der Waals surface area contributed by atoms with Crippen molar-refractivity contribution < 1.29 is 13.9 Å². The fourth-order valence-corrected chi connectivity index (χ4v) is 2.47. The van der Waals surface area contributed by atoms with Crippen LogP contribution in [0.3, 0.4) is 0 Å². The minimum absolute atomic E-state index is 0. The molecule has 2 rings (SSSR count). The van der Waals surface area contributed by atoms with E-state index >= 15 is 0 Å². The van der Waals surface area contributed by atoms with Gasteiger partial charge in [0.1, 0.15) is 11.6 Å². The molecule has 0 aromatic heterocycles. The van der Waals surface area contributed by atoms with Gasteiger partial charge in [-0.15, -0.1) is 12.4 Å². The topological polar surface area (TPSA) is 79.4 Å². The van der Waals surface area contributed by atoms with Crippen molar-refractivity contribution in [1.82, 2.24) is 4.90 Å². The Hall–Kier alpha value is -1.82. The molecule has 5 nitrogen and oxygen atoms in total. The van der Waals surface area contributed by atoms with Crippen LogP contribution < -0.4 is 10.5 Å². The van der Waals surface area contributed by atoms with Gasteiger partial charge in [0.25, 0.3) is 0 Å². The summed E-state index contributed by atoms with van der Waals surface area (Å²) >= 11 is 0. The number of ether oxygens (including phenoxy) is 1. The van der Waals surface area contributed by atoms with E-state index < -0.39 is 0 Å². The zero-order chi connectivity index (χ0) is 15.2. The lowest BCUT2D eigenvalue weighted by Gasteiger charge is -2.31. The SMILES string of the molecule is Cl.N=C(N)N1CCC(CCC(=O)Oc2ccc(F)cc2)CC1. The number of halogens is 2. The van der Waals surface area contributed by atoms with Gasteiger partial charge in [-0.05, 0) is 49.4 Å². The third-order valence-electron chi connectivity index (χ3n) is 3.76. The molecule has 1 aromatic rings. The van der Waals surface area contributed by atoms with Crippen LogP contribution in [0.25, 0.3) is 0 Å². The molecule has 0 saturated carbocycles. The number of nitrogens with zero attached hydrogens (tertiary/aromatic N) is 1. The molecule has 1 fully saturated rings. The minimum atomic E-state index is -0.355. The summed E-state index contributed by atoms with van der Waals surface area (Å²) in [7, 11) is 0. The highest BCUT2D eigenvalue weighted by molar-refractivity contribution is 5.85. The van der Waals surface area contributed by atoms with Gasteiger partial charge in [0.2, 0.25) is 0 Å². The number of hydrogen-bond donors (Lipinski definition) is 2. The van der Waals surface area contributed by atoms with Gasteiger partial charge in [0.15, 0.2) is 5.96 Å². The van der Waals surface area contributed by atoms with Crippen LogP contribution >= 0.6 is 12.4 Å². The summed E-state index contributed by atoms with van der Waals surface area (Å²) in [5, 5.41) is 7.37. The van der Waals surface area contributed by atoms with Gasteiger partial charge in [0.05, 0.1) is 0 Å². The molecule has 1 aliphatic rings. The summed E-state index contributed by atoms with van der Waals surface area (Å²) < 4.78 is 17.9. The first-order valence-corrected chi connectivity index (χ1v) is 7.10. The maximum atomic E-state index is 12.7.